The predicted molar refractivity (Wildman–Crippen MR) is 628 cm³/mol. The first kappa shape index (κ1) is 94.0. The normalized spacial score (nSPS) is 11.2. The Balaban J connectivity index is 0.000000103. The highest BCUT2D eigenvalue weighted by Gasteiger charge is 2.24. The molecule has 17 nitrogen and oxygen atoms in total. The van der Waals surface area contributed by atoms with E-state index in [-0.39, 0.29) is 0 Å². The molecule has 28 aromatic rings. The number of anilines is 8. The number of para-hydroxylation sites is 24. The highest BCUT2D eigenvalue weighted by atomic mass is 79.9. The molecule has 0 amide bonds. The Morgan fingerprint density at radius 1 is 0.196 bits per heavy atom. The SMILES string of the molecule is Brc1cccc(-n2c3ccccc3n3c4ccccc4nc23)c1.Brc1ccccc1Cc1cccc(-n2c3ccccc3n3c4ccccc4nc23)c1.Brc1ccccc1Cc1cccc(-n2c3ccccc3n3c4ccccc4nc23)c1.Nc1ccccc1Br.Nc1ccccc1Nc1ccccc1.c1ccc(Nc2ccccc2Nc2ccccc2Cc2cccc(-n3c4ccccc4n4c5ccccc5nc34)c2)cc1. The minimum Gasteiger partial charge on any atom is -0.398 e. The second-order valence-corrected chi connectivity index (χ2v) is 39.3. The van der Waals surface area contributed by atoms with Crippen molar-refractivity contribution in [2.45, 2.75) is 19.3 Å². The summed E-state index contributed by atoms with van der Waals surface area (Å²) in [5.41, 5.74) is 48.8. The number of nitrogen functional groups attached to an aromatic ring is 2. The van der Waals surface area contributed by atoms with Gasteiger partial charge in [-0.15, -0.1) is 0 Å². The van der Waals surface area contributed by atoms with Crippen molar-refractivity contribution in [1.29, 1.82) is 0 Å². The first-order valence-electron chi connectivity index (χ1n) is 48.8. The van der Waals surface area contributed by atoms with E-state index in [1.165, 1.54) is 33.4 Å². The highest BCUT2D eigenvalue weighted by molar-refractivity contribution is 9.11. The van der Waals surface area contributed by atoms with E-state index in [2.05, 4.69) is 480 Å². The van der Waals surface area contributed by atoms with Crippen molar-refractivity contribution in [3.05, 3.63) is 549 Å². The first-order chi connectivity index (χ1) is 72.9. The Labute approximate surface area is 887 Å². The standard InChI is InChI=1S/C38H29N5.2C26H18BrN3.C19H12BrN3.C12H12N2.C6H6BrN/c1-2-15-29(16-3-1)39-32-19-6-7-20-33(32)40-31-18-5-4-14-28(31)25-27-13-12-17-30(26-27)42-36-23-10-11-24-37(36)43-35-22-9-8-21-34(35)41-38(42)43;2*27-21-11-2-1-9-19(21)16-18-8-7-10-20(17-18)29-24-14-5-6-15-25(24)30-23-13-4-3-12-22(23)28-26(29)30;20-13-6-5-7-14(12-13)22-17-10-3-4-11-18(17)23-16-9-2-1-8-15(16)21-19(22)23;13-11-8-4-5-9-12(11)14-10-6-2-1-3-7-10;7-5-3-1-2-4-6(5)8/h1-24,26,39-40H,25H2;2*1-15,17H,16H2;1-12H;1-9,14H,13H2;1-4H,8H2. The molecule has 148 heavy (non-hydrogen) atoms. The summed E-state index contributed by atoms with van der Waals surface area (Å²) in [4.78, 5) is 19.9. The quantitative estimate of drug-likeness (QED) is 0.0589. The van der Waals surface area contributed by atoms with Gasteiger partial charge < -0.3 is 27.4 Å². The number of aromatic nitrogens is 12. The molecular formula is C127H95Br4N17. The summed E-state index contributed by atoms with van der Waals surface area (Å²) in [7, 11) is 0. The second-order valence-electron chi connectivity index (χ2n) is 35.9. The van der Waals surface area contributed by atoms with Gasteiger partial charge in [-0.2, -0.15) is 0 Å². The van der Waals surface area contributed by atoms with Crippen molar-refractivity contribution in [3.63, 3.8) is 0 Å². The number of imidazole rings is 8. The molecule has 20 aromatic carbocycles. The average molecular weight is 2180 g/mol. The van der Waals surface area contributed by atoms with Gasteiger partial charge in [0, 0.05) is 57.7 Å². The summed E-state index contributed by atoms with van der Waals surface area (Å²) < 4.78 is 22.3. The van der Waals surface area contributed by atoms with Crippen LogP contribution in [0.15, 0.2) is 515 Å². The third kappa shape index (κ3) is 19.3. The van der Waals surface area contributed by atoms with E-state index in [0.29, 0.717) is 0 Å². The van der Waals surface area contributed by atoms with E-state index in [1.54, 1.807) is 0 Å². The van der Waals surface area contributed by atoms with Crippen LogP contribution in [0.5, 0.6) is 0 Å². The Kier molecular flexibility index (Phi) is 26.9. The smallest absolute Gasteiger partial charge is 0.220 e. The molecule has 0 aliphatic carbocycles. The number of rotatable bonds is 16. The van der Waals surface area contributed by atoms with E-state index in [4.69, 9.17) is 31.4 Å². The van der Waals surface area contributed by atoms with Gasteiger partial charge in [-0.05, 0) is 299 Å². The molecule has 0 radical (unpaired) electrons. The monoisotopic (exact) mass is 2170 g/mol. The molecule has 21 heteroatoms. The number of hydrogen-bond acceptors (Lipinski definition) is 9. The molecule has 28 rings (SSSR count). The summed E-state index contributed by atoms with van der Waals surface area (Å²) in [6.45, 7) is 0. The minimum atomic E-state index is 0.761. The summed E-state index contributed by atoms with van der Waals surface area (Å²) >= 11 is 14.2. The molecule has 7 N–H and O–H groups in total. The summed E-state index contributed by atoms with van der Waals surface area (Å²) in [5, 5.41) is 10.5. The summed E-state index contributed by atoms with van der Waals surface area (Å²) in [6.07, 6.45) is 2.54. The molecule has 0 bridgehead atoms. The van der Waals surface area contributed by atoms with E-state index >= 15 is 0 Å². The molecule has 0 unspecified atom stereocenters. The van der Waals surface area contributed by atoms with Crippen molar-refractivity contribution in [2.24, 2.45) is 0 Å². The van der Waals surface area contributed by atoms with Gasteiger partial charge in [0.15, 0.2) is 0 Å². The summed E-state index contributed by atoms with van der Waals surface area (Å²) in [6, 6.07) is 171. The number of nitrogens with one attached hydrogen (secondary N) is 3. The molecule has 0 saturated carbocycles. The van der Waals surface area contributed by atoms with Crippen LogP contribution in [0.2, 0.25) is 0 Å². The molecule has 0 saturated heterocycles. The molecule has 8 heterocycles. The zero-order valence-electron chi connectivity index (χ0n) is 80.0. The van der Waals surface area contributed by atoms with Crippen LogP contribution in [0, 0.1) is 0 Å². The van der Waals surface area contributed by atoms with Crippen molar-refractivity contribution in [1.82, 2.24) is 55.8 Å². The lowest BCUT2D eigenvalue weighted by Crippen LogP contribution is -2.01. The lowest BCUT2D eigenvalue weighted by Gasteiger charge is -2.17. The number of fused-ring (bicyclic) bond motifs is 20. The van der Waals surface area contributed by atoms with Gasteiger partial charge in [0.1, 0.15) is 0 Å². The Bertz CT molecular complexity index is 9450. The van der Waals surface area contributed by atoms with Crippen LogP contribution in [-0.4, -0.2) is 55.8 Å². The number of hydrogen-bond donors (Lipinski definition) is 5. The lowest BCUT2D eigenvalue weighted by atomic mass is 10.0. The Hall–Kier alpha value is -17.6. The zero-order valence-corrected chi connectivity index (χ0v) is 86.3. The fourth-order valence-electron chi connectivity index (χ4n) is 19.5. The van der Waals surface area contributed by atoms with E-state index < -0.39 is 0 Å². The van der Waals surface area contributed by atoms with Crippen molar-refractivity contribution >= 4 is 221 Å². The average Bonchev–Trinajstić information content (AvgIpc) is 1.58. The van der Waals surface area contributed by atoms with Gasteiger partial charge in [-0.1, -0.05) is 315 Å². The van der Waals surface area contributed by atoms with Gasteiger partial charge in [0.25, 0.3) is 0 Å². The van der Waals surface area contributed by atoms with Gasteiger partial charge in [-0.25, -0.2) is 19.9 Å². The highest BCUT2D eigenvalue weighted by Crippen LogP contribution is 2.39. The maximum absolute atomic E-state index is 5.81. The largest absolute Gasteiger partial charge is 0.398 e. The molecular weight excluding hydrogens is 2080 g/mol. The third-order valence-electron chi connectivity index (χ3n) is 26.3. The molecule has 0 spiro atoms. The number of nitrogens with two attached hydrogens (primary N) is 2. The van der Waals surface area contributed by atoms with Crippen LogP contribution in [0.4, 0.5) is 45.5 Å². The number of benzene rings is 20. The van der Waals surface area contributed by atoms with Gasteiger partial charge in [-0.3, -0.25) is 35.9 Å². The summed E-state index contributed by atoms with van der Waals surface area (Å²) in [5.74, 6) is 3.74. The molecule has 0 atom stereocenters. The van der Waals surface area contributed by atoms with Crippen LogP contribution in [0.25, 0.3) is 134 Å². The zero-order chi connectivity index (χ0) is 99.9. The van der Waals surface area contributed by atoms with Crippen LogP contribution in [0.1, 0.15) is 33.4 Å². The number of nitrogens with zero attached hydrogens (tertiary/aromatic N) is 12. The topological polar surface area (TPSA) is 177 Å². The maximum Gasteiger partial charge on any atom is 0.220 e. The van der Waals surface area contributed by atoms with Crippen molar-refractivity contribution < 1.29 is 0 Å². The van der Waals surface area contributed by atoms with Crippen molar-refractivity contribution in [3.8, 4) is 22.7 Å². The Morgan fingerprint density at radius 3 is 0.804 bits per heavy atom. The fourth-order valence-corrected chi connectivity index (χ4v) is 21.0. The third-order valence-corrected chi connectivity index (χ3v) is 29.0. The van der Waals surface area contributed by atoms with Crippen LogP contribution >= 0.6 is 63.7 Å². The molecule has 0 fully saturated rings. The van der Waals surface area contributed by atoms with Gasteiger partial charge in [0.05, 0.1) is 117 Å². The van der Waals surface area contributed by atoms with Crippen molar-refractivity contribution in [2.75, 3.05) is 27.4 Å². The number of halogens is 4. The van der Waals surface area contributed by atoms with Gasteiger partial charge >= 0.3 is 0 Å². The lowest BCUT2D eigenvalue weighted by molar-refractivity contribution is 1.09. The second kappa shape index (κ2) is 42.4. The first-order valence-corrected chi connectivity index (χ1v) is 52.0. The predicted octanol–water partition coefficient (Wildman–Crippen LogP) is 33.3. The van der Waals surface area contributed by atoms with E-state index in [9.17, 15) is 0 Å². The molecule has 0 aliphatic rings. The minimum absolute atomic E-state index is 0.761. The van der Waals surface area contributed by atoms with Crippen LogP contribution in [0.3, 0.4) is 0 Å². The molecule has 0 aliphatic heterocycles. The van der Waals surface area contributed by atoms with Gasteiger partial charge in [0.2, 0.25) is 23.1 Å². The van der Waals surface area contributed by atoms with E-state index in [1.807, 2.05) is 133 Å². The van der Waals surface area contributed by atoms with Crippen LogP contribution < -0.4 is 27.4 Å². The maximum atomic E-state index is 5.81. The molecule has 8 aromatic heterocycles. The van der Waals surface area contributed by atoms with E-state index in [0.717, 1.165) is 217 Å². The molecule has 716 valence electrons. The van der Waals surface area contributed by atoms with Crippen LogP contribution in [-0.2, 0) is 19.3 Å². The Morgan fingerprint density at radius 2 is 0.459 bits per heavy atom. The fraction of sp³-hybridized carbons (Fsp3) is 0.0236.